The van der Waals surface area contributed by atoms with Crippen molar-refractivity contribution in [2.24, 2.45) is 0 Å². The Morgan fingerprint density at radius 1 is 1.35 bits per heavy atom. The molecule has 110 valence electrons. The molecule has 3 rings (SSSR count). The number of carboxylic acids is 1. The average molecular weight is 277 g/mol. The summed E-state index contributed by atoms with van der Waals surface area (Å²) in [6.07, 6.45) is 6.05. The smallest absolute Gasteiger partial charge is 0.314 e. The Bertz CT molecular complexity index is 489. The summed E-state index contributed by atoms with van der Waals surface area (Å²) in [5, 5.41) is 9.31. The fraction of sp³-hybridized carbons (Fsp3) is 0.733. The van der Waals surface area contributed by atoms with E-state index in [9.17, 15) is 9.90 Å². The Morgan fingerprint density at radius 3 is 2.75 bits per heavy atom. The molecule has 0 amide bonds. The number of hydrogen-bond donors (Lipinski definition) is 1. The molecule has 0 bridgehead atoms. The highest BCUT2D eigenvalue weighted by atomic mass is 16.4. The van der Waals surface area contributed by atoms with Gasteiger partial charge < -0.3 is 14.6 Å². The van der Waals surface area contributed by atoms with Gasteiger partial charge in [-0.1, -0.05) is 6.92 Å². The van der Waals surface area contributed by atoms with Crippen molar-refractivity contribution in [1.29, 1.82) is 0 Å². The minimum Gasteiger partial charge on any atom is -0.481 e. The molecule has 20 heavy (non-hydrogen) atoms. The molecule has 1 N–H and O–H groups in total. The molecule has 0 radical (unpaired) electrons. The molecule has 1 saturated heterocycles. The number of aromatic nitrogens is 2. The molecule has 0 saturated carbocycles. The van der Waals surface area contributed by atoms with Crippen molar-refractivity contribution < 1.29 is 9.90 Å². The normalized spacial score (nSPS) is 24.6. The van der Waals surface area contributed by atoms with Crippen LogP contribution in [0.4, 0.5) is 0 Å². The van der Waals surface area contributed by atoms with Crippen molar-refractivity contribution in [1.82, 2.24) is 14.5 Å². The van der Waals surface area contributed by atoms with E-state index >= 15 is 0 Å². The van der Waals surface area contributed by atoms with Gasteiger partial charge in [-0.2, -0.15) is 0 Å². The van der Waals surface area contributed by atoms with Crippen molar-refractivity contribution in [3.05, 3.63) is 17.7 Å². The van der Waals surface area contributed by atoms with Gasteiger partial charge in [0.25, 0.3) is 0 Å². The maximum absolute atomic E-state index is 11.3. The topological polar surface area (TPSA) is 58.4 Å². The standard InChI is InChI=1S/C15H23N3O2/c1-2-17-8-5-11(6-9-17)13-10-18-7-3-4-12(15(19)20)14(18)16-13/h10-12H,2-9H2,1H3,(H,19,20). The molecule has 0 spiro atoms. The summed E-state index contributed by atoms with van der Waals surface area (Å²) < 4.78 is 2.07. The molecule has 2 aliphatic heterocycles. The fourth-order valence-electron chi connectivity index (χ4n) is 3.48. The van der Waals surface area contributed by atoms with Crippen molar-refractivity contribution in [3.8, 4) is 0 Å². The number of carboxylic acid groups (broad SMARTS) is 1. The Morgan fingerprint density at radius 2 is 2.10 bits per heavy atom. The summed E-state index contributed by atoms with van der Waals surface area (Å²) in [5.74, 6) is 0.138. The average Bonchev–Trinajstić information content (AvgIpc) is 2.90. The molecule has 3 heterocycles. The highest BCUT2D eigenvalue weighted by Gasteiger charge is 2.30. The minimum atomic E-state index is -0.732. The van der Waals surface area contributed by atoms with E-state index in [1.165, 1.54) is 0 Å². The lowest BCUT2D eigenvalue weighted by Gasteiger charge is -2.30. The van der Waals surface area contributed by atoms with Crippen LogP contribution in [0.2, 0.25) is 0 Å². The van der Waals surface area contributed by atoms with Gasteiger partial charge in [-0.15, -0.1) is 0 Å². The highest BCUT2D eigenvalue weighted by Crippen LogP contribution is 2.32. The predicted octanol–water partition coefficient (Wildman–Crippen LogP) is 2.04. The van der Waals surface area contributed by atoms with Gasteiger partial charge in [0.15, 0.2) is 0 Å². The number of aryl methyl sites for hydroxylation is 1. The zero-order valence-corrected chi connectivity index (χ0v) is 12.1. The van der Waals surface area contributed by atoms with Crippen LogP contribution in [-0.4, -0.2) is 45.2 Å². The van der Waals surface area contributed by atoms with E-state index in [4.69, 9.17) is 4.98 Å². The molecular weight excluding hydrogens is 254 g/mol. The van der Waals surface area contributed by atoms with Crippen LogP contribution in [0.3, 0.4) is 0 Å². The number of piperidine rings is 1. The second-order valence-corrected chi connectivity index (χ2v) is 5.96. The van der Waals surface area contributed by atoms with E-state index in [1.807, 2.05) is 0 Å². The summed E-state index contributed by atoms with van der Waals surface area (Å²) in [6.45, 7) is 6.50. The Hall–Kier alpha value is -1.36. The Labute approximate surface area is 119 Å². The summed E-state index contributed by atoms with van der Waals surface area (Å²) >= 11 is 0. The van der Waals surface area contributed by atoms with Gasteiger partial charge in [0.1, 0.15) is 11.7 Å². The lowest BCUT2D eigenvalue weighted by molar-refractivity contribution is -0.139. The largest absolute Gasteiger partial charge is 0.481 e. The van der Waals surface area contributed by atoms with Gasteiger partial charge in [0, 0.05) is 18.7 Å². The van der Waals surface area contributed by atoms with Gasteiger partial charge >= 0.3 is 5.97 Å². The zero-order valence-electron chi connectivity index (χ0n) is 12.1. The third-order valence-corrected chi connectivity index (χ3v) is 4.78. The summed E-state index contributed by atoms with van der Waals surface area (Å²) in [6, 6.07) is 0. The molecule has 1 unspecified atom stereocenters. The zero-order chi connectivity index (χ0) is 14.1. The van der Waals surface area contributed by atoms with Gasteiger partial charge in [0.05, 0.1) is 5.69 Å². The first kappa shape index (κ1) is 13.6. The van der Waals surface area contributed by atoms with Crippen LogP contribution in [0.1, 0.15) is 56.0 Å². The van der Waals surface area contributed by atoms with Crippen molar-refractivity contribution in [2.45, 2.75) is 51.0 Å². The molecular formula is C15H23N3O2. The predicted molar refractivity (Wildman–Crippen MR) is 75.9 cm³/mol. The van der Waals surface area contributed by atoms with E-state index in [0.29, 0.717) is 5.92 Å². The SMILES string of the molecule is CCN1CCC(c2cn3c(n2)C(C(=O)O)CCC3)CC1. The van der Waals surface area contributed by atoms with Crippen LogP contribution < -0.4 is 0 Å². The van der Waals surface area contributed by atoms with Crippen LogP contribution in [0.15, 0.2) is 6.20 Å². The first-order valence-electron chi connectivity index (χ1n) is 7.71. The van der Waals surface area contributed by atoms with Crippen LogP contribution in [0, 0.1) is 0 Å². The maximum Gasteiger partial charge on any atom is 0.314 e. The van der Waals surface area contributed by atoms with Gasteiger partial charge in [-0.3, -0.25) is 4.79 Å². The van der Waals surface area contributed by atoms with Crippen LogP contribution in [0.5, 0.6) is 0 Å². The number of rotatable bonds is 3. The Kier molecular flexibility index (Phi) is 3.78. The maximum atomic E-state index is 11.3. The van der Waals surface area contributed by atoms with Crippen molar-refractivity contribution in [2.75, 3.05) is 19.6 Å². The number of imidazole rings is 1. The van der Waals surface area contributed by atoms with E-state index in [0.717, 1.165) is 63.4 Å². The summed E-state index contributed by atoms with van der Waals surface area (Å²) in [5.41, 5.74) is 1.11. The second-order valence-electron chi connectivity index (χ2n) is 5.96. The lowest BCUT2D eigenvalue weighted by Crippen LogP contribution is -2.32. The number of carbonyl (C=O) groups is 1. The first-order chi connectivity index (χ1) is 9.69. The molecule has 1 fully saturated rings. The van der Waals surface area contributed by atoms with Crippen LogP contribution in [-0.2, 0) is 11.3 Å². The van der Waals surface area contributed by atoms with E-state index in [2.05, 4.69) is 22.6 Å². The van der Waals surface area contributed by atoms with Crippen molar-refractivity contribution >= 4 is 5.97 Å². The highest BCUT2D eigenvalue weighted by molar-refractivity contribution is 5.75. The fourth-order valence-corrected chi connectivity index (χ4v) is 3.48. The summed E-state index contributed by atoms with van der Waals surface area (Å²) in [7, 11) is 0. The van der Waals surface area contributed by atoms with Crippen LogP contribution >= 0.6 is 0 Å². The molecule has 1 aromatic rings. The molecule has 1 atom stereocenters. The number of likely N-dealkylation sites (tertiary alicyclic amines) is 1. The molecule has 2 aliphatic rings. The quantitative estimate of drug-likeness (QED) is 0.918. The van der Waals surface area contributed by atoms with Crippen molar-refractivity contribution in [3.63, 3.8) is 0 Å². The minimum absolute atomic E-state index is 0.409. The molecule has 5 nitrogen and oxygen atoms in total. The number of nitrogens with zero attached hydrogens (tertiary/aromatic N) is 3. The first-order valence-corrected chi connectivity index (χ1v) is 7.71. The molecule has 0 aromatic carbocycles. The van der Waals surface area contributed by atoms with E-state index in [-0.39, 0.29) is 0 Å². The van der Waals surface area contributed by atoms with Gasteiger partial charge in [-0.25, -0.2) is 4.98 Å². The van der Waals surface area contributed by atoms with Crippen LogP contribution in [0.25, 0.3) is 0 Å². The monoisotopic (exact) mass is 277 g/mol. The Balaban J connectivity index is 1.78. The third-order valence-electron chi connectivity index (χ3n) is 4.78. The van der Waals surface area contributed by atoms with Gasteiger partial charge in [-0.05, 0) is 45.3 Å². The lowest BCUT2D eigenvalue weighted by atomic mass is 9.94. The number of aliphatic carboxylic acids is 1. The van der Waals surface area contributed by atoms with E-state index in [1.54, 1.807) is 0 Å². The molecule has 5 heteroatoms. The molecule has 1 aromatic heterocycles. The molecule has 0 aliphatic carbocycles. The summed E-state index contributed by atoms with van der Waals surface area (Å²) in [4.78, 5) is 18.5. The number of hydrogen-bond acceptors (Lipinski definition) is 3. The van der Waals surface area contributed by atoms with E-state index < -0.39 is 11.9 Å². The second kappa shape index (κ2) is 5.56. The van der Waals surface area contributed by atoms with Gasteiger partial charge in [0.2, 0.25) is 0 Å². The number of fused-ring (bicyclic) bond motifs is 1. The third kappa shape index (κ3) is 2.46.